The van der Waals surface area contributed by atoms with E-state index in [0.717, 1.165) is 21.6 Å². The summed E-state index contributed by atoms with van der Waals surface area (Å²) in [6, 6.07) is 7.75. The van der Waals surface area contributed by atoms with E-state index >= 15 is 0 Å². The number of aromatic nitrogens is 2. The highest BCUT2D eigenvalue weighted by atomic mass is 79.9. The van der Waals surface area contributed by atoms with Gasteiger partial charge in [0.05, 0.1) is 22.5 Å². The predicted molar refractivity (Wildman–Crippen MR) is 85.5 cm³/mol. The van der Waals surface area contributed by atoms with Gasteiger partial charge in [0.1, 0.15) is 11.6 Å². The Labute approximate surface area is 128 Å². The van der Waals surface area contributed by atoms with E-state index < -0.39 is 0 Å². The van der Waals surface area contributed by atoms with Crippen molar-refractivity contribution in [2.75, 3.05) is 12.3 Å². The van der Waals surface area contributed by atoms with Crippen LogP contribution >= 0.6 is 15.9 Å². The molecular formula is C15H20BrN3O. The van der Waals surface area contributed by atoms with Crippen LogP contribution in [0.3, 0.4) is 0 Å². The van der Waals surface area contributed by atoms with Gasteiger partial charge in [-0.05, 0) is 47.1 Å². The van der Waals surface area contributed by atoms with E-state index in [-0.39, 0.29) is 5.41 Å². The van der Waals surface area contributed by atoms with Crippen molar-refractivity contribution < 1.29 is 4.74 Å². The van der Waals surface area contributed by atoms with E-state index in [1.807, 2.05) is 31.2 Å². The molecule has 108 valence electrons. The van der Waals surface area contributed by atoms with Crippen LogP contribution in [0, 0.1) is 0 Å². The van der Waals surface area contributed by atoms with E-state index in [0.29, 0.717) is 12.4 Å². The Morgan fingerprint density at radius 1 is 1.25 bits per heavy atom. The summed E-state index contributed by atoms with van der Waals surface area (Å²) in [6.07, 6.45) is 0. The van der Waals surface area contributed by atoms with Gasteiger partial charge in [-0.15, -0.1) is 0 Å². The van der Waals surface area contributed by atoms with Crippen molar-refractivity contribution in [3.8, 4) is 11.4 Å². The van der Waals surface area contributed by atoms with Crippen molar-refractivity contribution in [3.05, 3.63) is 34.4 Å². The number of nitrogen functional groups attached to an aromatic ring is 1. The molecule has 1 aromatic carbocycles. The Morgan fingerprint density at radius 3 is 2.30 bits per heavy atom. The highest BCUT2D eigenvalue weighted by molar-refractivity contribution is 9.10. The first-order chi connectivity index (χ1) is 9.34. The maximum atomic E-state index is 6.15. The molecule has 0 aliphatic heterocycles. The summed E-state index contributed by atoms with van der Waals surface area (Å²) < 4.78 is 8.05. The fraction of sp³-hybridized carbons (Fsp3) is 0.400. The Bertz CT molecular complexity index is 597. The van der Waals surface area contributed by atoms with Crippen molar-refractivity contribution in [1.29, 1.82) is 0 Å². The summed E-state index contributed by atoms with van der Waals surface area (Å²) in [5, 5.41) is 4.63. The third kappa shape index (κ3) is 2.82. The monoisotopic (exact) mass is 337 g/mol. The molecule has 0 aliphatic rings. The van der Waals surface area contributed by atoms with Crippen LogP contribution in [0.5, 0.6) is 5.75 Å². The van der Waals surface area contributed by atoms with E-state index in [1.165, 1.54) is 0 Å². The molecule has 0 radical (unpaired) electrons. The highest BCUT2D eigenvalue weighted by Crippen LogP contribution is 2.34. The van der Waals surface area contributed by atoms with Crippen LogP contribution in [0.2, 0.25) is 0 Å². The zero-order valence-corrected chi connectivity index (χ0v) is 13.9. The van der Waals surface area contributed by atoms with E-state index in [2.05, 4.69) is 41.8 Å². The minimum Gasteiger partial charge on any atom is -0.494 e. The van der Waals surface area contributed by atoms with Crippen LogP contribution < -0.4 is 10.5 Å². The van der Waals surface area contributed by atoms with Crippen LogP contribution in [-0.4, -0.2) is 16.4 Å². The largest absolute Gasteiger partial charge is 0.494 e. The second-order valence-electron chi connectivity index (χ2n) is 5.64. The molecule has 0 aliphatic carbocycles. The molecule has 0 saturated heterocycles. The molecule has 0 spiro atoms. The summed E-state index contributed by atoms with van der Waals surface area (Å²) in [4.78, 5) is 0. The second-order valence-corrected chi connectivity index (χ2v) is 6.43. The smallest absolute Gasteiger partial charge is 0.141 e. The second kappa shape index (κ2) is 5.48. The molecule has 2 aromatic rings. The van der Waals surface area contributed by atoms with Gasteiger partial charge in [0.2, 0.25) is 0 Å². The molecule has 20 heavy (non-hydrogen) atoms. The molecule has 4 nitrogen and oxygen atoms in total. The van der Waals surface area contributed by atoms with Crippen molar-refractivity contribution in [2.45, 2.75) is 33.1 Å². The first-order valence-electron chi connectivity index (χ1n) is 6.62. The Hall–Kier alpha value is -1.49. The van der Waals surface area contributed by atoms with Gasteiger partial charge in [-0.1, -0.05) is 20.8 Å². The van der Waals surface area contributed by atoms with Gasteiger partial charge < -0.3 is 10.5 Å². The summed E-state index contributed by atoms with van der Waals surface area (Å²) in [7, 11) is 0. The minimum atomic E-state index is -0.0660. The molecule has 2 rings (SSSR count). The highest BCUT2D eigenvalue weighted by Gasteiger charge is 2.24. The predicted octanol–water partition coefficient (Wildman–Crippen LogP) is 3.91. The van der Waals surface area contributed by atoms with Gasteiger partial charge in [0, 0.05) is 5.41 Å². The fourth-order valence-corrected chi connectivity index (χ4v) is 2.78. The Morgan fingerprint density at radius 2 is 1.85 bits per heavy atom. The van der Waals surface area contributed by atoms with Crippen LogP contribution in [0.25, 0.3) is 5.69 Å². The number of hydrogen-bond donors (Lipinski definition) is 1. The standard InChI is InChI=1S/C15H20BrN3O/c1-5-20-11-8-6-10(7-9-11)19-14(17)12(16)13(18-19)15(2,3)4/h6-9H,5,17H2,1-4H3. The zero-order valence-electron chi connectivity index (χ0n) is 12.3. The lowest BCUT2D eigenvalue weighted by Gasteiger charge is -2.15. The van der Waals surface area contributed by atoms with Crippen molar-refractivity contribution in [1.82, 2.24) is 9.78 Å². The van der Waals surface area contributed by atoms with E-state index in [9.17, 15) is 0 Å². The number of anilines is 1. The quantitative estimate of drug-likeness (QED) is 0.923. The summed E-state index contributed by atoms with van der Waals surface area (Å²) in [6.45, 7) is 8.96. The Balaban J connectivity index is 2.43. The van der Waals surface area contributed by atoms with Gasteiger partial charge in [-0.2, -0.15) is 5.10 Å². The normalized spacial score (nSPS) is 11.7. The van der Waals surface area contributed by atoms with Crippen LogP contribution in [0.1, 0.15) is 33.4 Å². The fourth-order valence-electron chi connectivity index (χ4n) is 1.94. The molecule has 0 saturated carbocycles. The zero-order chi connectivity index (χ0) is 14.9. The number of ether oxygens (including phenoxy) is 1. The lowest BCUT2D eigenvalue weighted by molar-refractivity contribution is 0.340. The number of rotatable bonds is 3. The van der Waals surface area contributed by atoms with E-state index in [1.54, 1.807) is 4.68 Å². The molecule has 5 heteroatoms. The first-order valence-corrected chi connectivity index (χ1v) is 7.41. The average Bonchev–Trinajstić information content (AvgIpc) is 2.68. The van der Waals surface area contributed by atoms with Gasteiger partial charge in [0.15, 0.2) is 0 Å². The number of hydrogen-bond acceptors (Lipinski definition) is 3. The van der Waals surface area contributed by atoms with Gasteiger partial charge in [-0.25, -0.2) is 4.68 Å². The topological polar surface area (TPSA) is 53.1 Å². The first kappa shape index (κ1) is 14.9. The van der Waals surface area contributed by atoms with E-state index in [4.69, 9.17) is 10.5 Å². The third-order valence-electron chi connectivity index (χ3n) is 2.96. The number of benzene rings is 1. The van der Waals surface area contributed by atoms with Crippen LogP contribution in [0.15, 0.2) is 28.7 Å². The molecule has 0 unspecified atom stereocenters. The number of halogens is 1. The minimum absolute atomic E-state index is 0.0660. The van der Waals surface area contributed by atoms with Crippen molar-refractivity contribution in [2.24, 2.45) is 0 Å². The summed E-state index contributed by atoms with van der Waals surface area (Å²) >= 11 is 3.54. The van der Waals surface area contributed by atoms with Gasteiger partial charge in [-0.3, -0.25) is 0 Å². The number of nitrogens with two attached hydrogens (primary N) is 1. The van der Waals surface area contributed by atoms with Crippen molar-refractivity contribution >= 4 is 21.7 Å². The molecule has 0 amide bonds. The lowest BCUT2D eigenvalue weighted by Crippen LogP contribution is -2.13. The molecule has 2 N–H and O–H groups in total. The third-order valence-corrected chi connectivity index (χ3v) is 3.75. The Kier molecular flexibility index (Phi) is 4.09. The van der Waals surface area contributed by atoms with Crippen LogP contribution in [-0.2, 0) is 5.41 Å². The molecule has 1 aromatic heterocycles. The SMILES string of the molecule is CCOc1ccc(-n2nc(C(C)(C)C)c(Br)c2N)cc1. The van der Waals surface area contributed by atoms with Crippen LogP contribution in [0.4, 0.5) is 5.82 Å². The maximum Gasteiger partial charge on any atom is 0.141 e. The van der Waals surface area contributed by atoms with Crippen molar-refractivity contribution in [3.63, 3.8) is 0 Å². The summed E-state index contributed by atoms with van der Waals surface area (Å²) in [5.74, 6) is 1.45. The molecule has 0 atom stereocenters. The molecule has 0 fully saturated rings. The molecule has 0 bridgehead atoms. The van der Waals surface area contributed by atoms with Gasteiger partial charge >= 0.3 is 0 Å². The summed E-state index contributed by atoms with van der Waals surface area (Å²) in [5.41, 5.74) is 7.95. The maximum absolute atomic E-state index is 6.15. The number of nitrogens with zero attached hydrogens (tertiary/aromatic N) is 2. The molecular weight excluding hydrogens is 318 g/mol. The lowest BCUT2D eigenvalue weighted by atomic mass is 9.92. The average molecular weight is 338 g/mol. The van der Waals surface area contributed by atoms with Gasteiger partial charge in [0.25, 0.3) is 0 Å². The molecule has 1 heterocycles.